The van der Waals surface area contributed by atoms with Crippen LogP contribution in [0.5, 0.6) is 0 Å². The maximum absolute atomic E-state index is 13.9. The highest BCUT2D eigenvalue weighted by atomic mass is 79.9. The fourth-order valence-electron chi connectivity index (χ4n) is 4.98. The number of likely N-dealkylation sites (tertiary alicyclic amines) is 1. The Kier molecular flexibility index (Phi) is 7.15. The molecular weight excluding hydrogens is 572 g/mol. The average Bonchev–Trinajstić information content (AvgIpc) is 3.47. The molecule has 0 aliphatic carbocycles. The topological polar surface area (TPSA) is 97.1 Å². The normalized spacial score (nSPS) is 16.9. The number of aromatic nitrogens is 4. The molecule has 3 amide bonds. The first-order valence-electron chi connectivity index (χ1n) is 12.5. The number of urea groups is 1. The van der Waals surface area contributed by atoms with Crippen LogP contribution in [-0.2, 0) is 13.6 Å². The zero-order valence-electron chi connectivity index (χ0n) is 21.7. The van der Waals surface area contributed by atoms with E-state index >= 15 is 0 Å². The molecule has 4 aromatic rings. The first kappa shape index (κ1) is 26.8. The number of rotatable bonds is 5. The molecule has 5 rings (SSSR count). The summed E-state index contributed by atoms with van der Waals surface area (Å²) in [6.07, 6.45) is 3.32. The minimum Gasteiger partial charge on any atom is -0.339 e. The zero-order chi connectivity index (χ0) is 27.9. The van der Waals surface area contributed by atoms with Gasteiger partial charge in [0.25, 0.3) is 5.91 Å². The number of anilines is 1. The number of carbonyl (C=O) groups excluding carboxylic acids is 2. The van der Waals surface area contributed by atoms with Crippen molar-refractivity contribution < 1.29 is 18.4 Å². The summed E-state index contributed by atoms with van der Waals surface area (Å²) in [5.74, 6) is -2.11. The van der Waals surface area contributed by atoms with Crippen molar-refractivity contribution in [3.63, 3.8) is 0 Å². The Hall–Kier alpha value is -3.80. The van der Waals surface area contributed by atoms with Gasteiger partial charge < -0.3 is 20.1 Å². The summed E-state index contributed by atoms with van der Waals surface area (Å²) in [5, 5.41) is 14.5. The third-order valence-corrected chi connectivity index (χ3v) is 8.05. The number of hydrogen-bond donors (Lipinski definition) is 2. The predicted octanol–water partition coefficient (Wildman–Crippen LogP) is 5.39. The second kappa shape index (κ2) is 10.4. The van der Waals surface area contributed by atoms with Gasteiger partial charge in [-0.15, -0.1) is 5.10 Å². The Bertz CT molecular complexity index is 1530. The number of fused-ring (bicyclic) bond motifs is 1. The number of halogens is 3. The van der Waals surface area contributed by atoms with E-state index in [9.17, 15) is 18.4 Å². The highest BCUT2D eigenvalue weighted by molar-refractivity contribution is 9.10. The van der Waals surface area contributed by atoms with Crippen molar-refractivity contribution in [1.82, 2.24) is 29.8 Å². The highest BCUT2D eigenvalue weighted by Gasteiger charge is 2.40. The van der Waals surface area contributed by atoms with E-state index in [1.165, 1.54) is 6.07 Å². The molecule has 3 heterocycles. The lowest BCUT2D eigenvalue weighted by Gasteiger charge is -2.45. The average molecular weight is 600 g/mol. The van der Waals surface area contributed by atoms with E-state index in [1.54, 1.807) is 10.9 Å². The summed E-state index contributed by atoms with van der Waals surface area (Å²) < 4.78 is 30.9. The van der Waals surface area contributed by atoms with Crippen molar-refractivity contribution in [2.45, 2.75) is 44.8 Å². The van der Waals surface area contributed by atoms with Crippen LogP contribution < -0.4 is 10.6 Å². The molecule has 0 saturated carbocycles. The van der Waals surface area contributed by atoms with E-state index in [1.807, 2.05) is 40.8 Å². The lowest BCUT2D eigenvalue weighted by Crippen LogP contribution is -2.54. The third kappa shape index (κ3) is 5.25. The fourth-order valence-corrected chi connectivity index (χ4v) is 5.75. The van der Waals surface area contributed by atoms with Gasteiger partial charge in [-0.3, -0.25) is 4.79 Å². The maximum atomic E-state index is 13.9. The number of nitrogens with one attached hydrogen (secondary N) is 2. The van der Waals surface area contributed by atoms with Crippen LogP contribution in [-0.4, -0.2) is 48.5 Å². The lowest BCUT2D eigenvalue weighted by atomic mass is 9.87. The van der Waals surface area contributed by atoms with Gasteiger partial charge in [0.2, 0.25) is 0 Å². The molecule has 204 valence electrons. The van der Waals surface area contributed by atoms with Crippen molar-refractivity contribution >= 4 is 44.5 Å². The molecule has 0 radical (unpaired) electrons. The fraction of sp³-hybridized carbons (Fsp3) is 0.333. The van der Waals surface area contributed by atoms with Crippen LogP contribution in [0.25, 0.3) is 10.9 Å². The summed E-state index contributed by atoms with van der Waals surface area (Å²) in [6.45, 7) is 4.67. The number of nitrogens with zero attached hydrogens (tertiary/aromatic N) is 5. The van der Waals surface area contributed by atoms with Gasteiger partial charge in [0.15, 0.2) is 11.6 Å². The van der Waals surface area contributed by atoms with Gasteiger partial charge in [-0.05, 0) is 60.8 Å². The molecule has 2 N–H and O–H groups in total. The Balaban J connectivity index is 1.27. The molecule has 2 aromatic carbocycles. The SMILES string of the molecule is Cn1c(C(=O)N2CC(n3cc(CNC(=O)Nc4ccc(F)c(F)c4)nn3)CCC2(C)C)c(Br)c2ccccc21. The summed E-state index contributed by atoms with van der Waals surface area (Å²) in [7, 11) is 1.90. The van der Waals surface area contributed by atoms with Gasteiger partial charge in [0, 0.05) is 41.8 Å². The number of benzene rings is 2. The second-order valence-corrected chi connectivity index (χ2v) is 11.1. The van der Waals surface area contributed by atoms with Crippen molar-refractivity contribution in [3.8, 4) is 0 Å². The first-order chi connectivity index (χ1) is 18.5. The molecule has 0 bridgehead atoms. The smallest absolute Gasteiger partial charge is 0.319 e. The summed E-state index contributed by atoms with van der Waals surface area (Å²) >= 11 is 3.66. The number of piperidine rings is 1. The van der Waals surface area contributed by atoms with Crippen molar-refractivity contribution in [3.05, 3.63) is 76.2 Å². The van der Waals surface area contributed by atoms with E-state index in [0.717, 1.165) is 40.4 Å². The van der Waals surface area contributed by atoms with E-state index in [-0.39, 0.29) is 29.7 Å². The second-order valence-electron chi connectivity index (χ2n) is 10.3. The zero-order valence-corrected chi connectivity index (χ0v) is 23.3. The highest BCUT2D eigenvalue weighted by Crippen LogP contribution is 2.37. The Morgan fingerprint density at radius 3 is 2.67 bits per heavy atom. The van der Waals surface area contributed by atoms with Gasteiger partial charge >= 0.3 is 6.03 Å². The minimum atomic E-state index is -1.05. The van der Waals surface area contributed by atoms with Crippen LogP contribution in [0.1, 0.15) is 48.9 Å². The van der Waals surface area contributed by atoms with Crippen LogP contribution >= 0.6 is 15.9 Å². The molecule has 1 atom stereocenters. The molecule has 1 aliphatic heterocycles. The van der Waals surface area contributed by atoms with Crippen LogP contribution in [0.15, 0.2) is 53.1 Å². The molecule has 1 unspecified atom stereocenters. The van der Waals surface area contributed by atoms with Crippen LogP contribution in [0.2, 0.25) is 0 Å². The van der Waals surface area contributed by atoms with Crippen LogP contribution in [0.3, 0.4) is 0 Å². The summed E-state index contributed by atoms with van der Waals surface area (Å²) in [5.41, 5.74) is 1.87. The van der Waals surface area contributed by atoms with Gasteiger partial charge in [-0.25, -0.2) is 18.3 Å². The molecular formula is C27H28BrF2N7O2. The molecule has 1 fully saturated rings. The van der Waals surface area contributed by atoms with Gasteiger partial charge in [0.1, 0.15) is 11.4 Å². The largest absolute Gasteiger partial charge is 0.339 e. The van der Waals surface area contributed by atoms with Crippen molar-refractivity contribution in [2.75, 3.05) is 11.9 Å². The predicted molar refractivity (Wildman–Crippen MR) is 146 cm³/mol. The monoisotopic (exact) mass is 599 g/mol. The minimum absolute atomic E-state index is 0.0637. The molecule has 2 aromatic heterocycles. The van der Waals surface area contributed by atoms with E-state index in [2.05, 4.69) is 50.7 Å². The number of aryl methyl sites for hydroxylation is 1. The summed E-state index contributed by atoms with van der Waals surface area (Å²) in [6, 6.07) is 10.3. The standard InChI is InChI=1S/C27H28BrF2N7O2/c1-27(2)11-10-18(15-36(27)25(38)24-23(28)19-6-4-5-7-22(19)35(24)3)37-14-17(33-34-37)13-31-26(39)32-16-8-9-20(29)21(30)12-16/h4-9,12,14,18H,10-11,13,15H2,1-3H3,(H2,31,32,39). The van der Waals surface area contributed by atoms with E-state index in [4.69, 9.17) is 0 Å². The van der Waals surface area contributed by atoms with Gasteiger partial charge in [0.05, 0.1) is 23.3 Å². The van der Waals surface area contributed by atoms with Crippen LogP contribution in [0.4, 0.5) is 19.3 Å². The van der Waals surface area contributed by atoms with Crippen molar-refractivity contribution in [1.29, 1.82) is 0 Å². The van der Waals surface area contributed by atoms with Gasteiger partial charge in [-0.2, -0.15) is 0 Å². The molecule has 12 heteroatoms. The van der Waals surface area contributed by atoms with Gasteiger partial charge in [-0.1, -0.05) is 23.4 Å². The Morgan fingerprint density at radius 2 is 1.92 bits per heavy atom. The van der Waals surface area contributed by atoms with Crippen LogP contribution in [0, 0.1) is 11.6 Å². The number of hydrogen-bond acceptors (Lipinski definition) is 4. The summed E-state index contributed by atoms with van der Waals surface area (Å²) in [4.78, 5) is 28.0. The van der Waals surface area contributed by atoms with E-state index in [0.29, 0.717) is 17.9 Å². The quantitative estimate of drug-likeness (QED) is 0.321. The molecule has 39 heavy (non-hydrogen) atoms. The third-order valence-electron chi connectivity index (χ3n) is 7.25. The first-order valence-corrected chi connectivity index (χ1v) is 13.3. The molecule has 9 nitrogen and oxygen atoms in total. The number of carbonyl (C=O) groups is 2. The molecule has 1 aliphatic rings. The van der Waals surface area contributed by atoms with Crippen molar-refractivity contribution in [2.24, 2.45) is 7.05 Å². The Labute approximate surface area is 232 Å². The lowest BCUT2D eigenvalue weighted by molar-refractivity contribution is 0.0299. The number of para-hydroxylation sites is 1. The number of amides is 3. The van der Waals surface area contributed by atoms with E-state index < -0.39 is 17.7 Å². The molecule has 0 spiro atoms. The Morgan fingerprint density at radius 1 is 1.15 bits per heavy atom. The maximum Gasteiger partial charge on any atom is 0.319 e. The molecule has 1 saturated heterocycles.